The number of hydrazone groups is 1. The van der Waals surface area contributed by atoms with Gasteiger partial charge in [0.15, 0.2) is 0 Å². The molecular weight excluding hydrogens is 406 g/mol. The smallest absolute Gasteiger partial charge is 0.123 e. The molecule has 3 aromatic carbocycles. The summed E-state index contributed by atoms with van der Waals surface area (Å²) in [4.78, 5) is 0. The fourth-order valence-corrected chi connectivity index (χ4v) is 3.65. The number of hydrogen-bond acceptors (Lipinski definition) is 2. The van der Waals surface area contributed by atoms with Crippen molar-refractivity contribution in [1.29, 1.82) is 0 Å². The van der Waals surface area contributed by atoms with Crippen LogP contribution < -0.4 is 5.01 Å². The van der Waals surface area contributed by atoms with Crippen LogP contribution in [0.25, 0.3) is 0 Å². The van der Waals surface area contributed by atoms with Gasteiger partial charge in [0.2, 0.25) is 0 Å². The van der Waals surface area contributed by atoms with Gasteiger partial charge in [-0.05, 0) is 53.6 Å². The fraction of sp³-hybridized carbons (Fsp3) is 0.0952. The number of nitrogens with zero attached hydrogens (tertiary/aromatic N) is 2. The Labute approximate surface area is 171 Å². The van der Waals surface area contributed by atoms with Gasteiger partial charge in [0.25, 0.3) is 0 Å². The molecule has 0 spiro atoms. The van der Waals surface area contributed by atoms with Crippen LogP contribution in [0.1, 0.15) is 23.6 Å². The SMILES string of the molecule is Fc1ccc(C2=NN(c3cc(Cl)ccc3Cl)C(c3ccc(Cl)cc3)C2)cc1. The van der Waals surface area contributed by atoms with Gasteiger partial charge >= 0.3 is 0 Å². The fourth-order valence-electron chi connectivity index (χ4n) is 3.16. The van der Waals surface area contributed by atoms with Gasteiger partial charge in [-0.15, -0.1) is 0 Å². The van der Waals surface area contributed by atoms with Crippen molar-refractivity contribution in [2.24, 2.45) is 5.10 Å². The minimum Gasteiger partial charge on any atom is -0.256 e. The third kappa shape index (κ3) is 3.81. The average molecular weight is 420 g/mol. The molecule has 136 valence electrons. The molecule has 1 atom stereocenters. The number of rotatable bonds is 3. The molecule has 27 heavy (non-hydrogen) atoms. The molecule has 1 aliphatic rings. The molecule has 0 aromatic heterocycles. The molecule has 6 heteroatoms. The van der Waals surface area contributed by atoms with E-state index in [4.69, 9.17) is 39.9 Å². The summed E-state index contributed by atoms with van der Waals surface area (Å²) in [5.41, 5.74) is 3.50. The first-order valence-electron chi connectivity index (χ1n) is 8.34. The molecule has 0 bridgehead atoms. The number of benzene rings is 3. The number of halogens is 4. The van der Waals surface area contributed by atoms with E-state index in [1.54, 1.807) is 30.3 Å². The van der Waals surface area contributed by atoms with E-state index >= 15 is 0 Å². The lowest BCUT2D eigenvalue weighted by molar-refractivity contribution is 0.627. The molecule has 1 aliphatic heterocycles. The predicted molar refractivity (Wildman–Crippen MR) is 111 cm³/mol. The van der Waals surface area contributed by atoms with Crippen LogP contribution >= 0.6 is 34.8 Å². The standard InChI is InChI=1S/C21H14Cl3FN2/c22-15-5-1-14(2-6-15)20-12-19(13-3-8-17(25)9-4-13)26-27(20)21-11-16(23)7-10-18(21)24/h1-11,20H,12H2. The van der Waals surface area contributed by atoms with Crippen LogP contribution in [0.2, 0.25) is 15.1 Å². The highest BCUT2D eigenvalue weighted by Gasteiger charge is 2.31. The summed E-state index contributed by atoms with van der Waals surface area (Å²) in [6, 6.07) is 19.2. The van der Waals surface area contributed by atoms with E-state index in [1.165, 1.54) is 12.1 Å². The highest BCUT2D eigenvalue weighted by Crippen LogP contribution is 2.41. The van der Waals surface area contributed by atoms with E-state index in [0.29, 0.717) is 21.5 Å². The first kappa shape index (κ1) is 18.3. The summed E-state index contributed by atoms with van der Waals surface area (Å²) in [5, 5.41) is 8.47. The summed E-state index contributed by atoms with van der Waals surface area (Å²) in [6.07, 6.45) is 0.649. The van der Waals surface area contributed by atoms with E-state index in [9.17, 15) is 4.39 Å². The minimum atomic E-state index is -0.277. The zero-order chi connectivity index (χ0) is 19.0. The van der Waals surface area contributed by atoms with E-state index in [2.05, 4.69) is 0 Å². The lowest BCUT2D eigenvalue weighted by atomic mass is 9.98. The van der Waals surface area contributed by atoms with Crippen molar-refractivity contribution in [2.45, 2.75) is 12.5 Å². The minimum absolute atomic E-state index is 0.0710. The van der Waals surface area contributed by atoms with Crippen molar-refractivity contribution in [1.82, 2.24) is 0 Å². The Morgan fingerprint density at radius 3 is 2.22 bits per heavy atom. The highest BCUT2D eigenvalue weighted by molar-refractivity contribution is 6.35. The molecule has 1 unspecified atom stereocenters. The van der Waals surface area contributed by atoms with E-state index in [-0.39, 0.29) is 11.9 Å². The second-order valence-electron chi connectivity index (χ2n) is 6.27. The Hall–Kier alpha value is -2.07. The van der Waals surface area contributed by atoms with Gasteiger partial charge in [-0.2, -0.15) is 5.10 Å². The third-order valence-electron chi connectivity index (χ3n) is 4.50. The van der Waals surface area contributed by atoms with Gasteiger partial charge in [-0.25, -0.2) is 4.39 Å². The van der Waals surface area contributed by atoms with Crippen molar-refractivity contribution in [3.05, 3.63) is 98.7 Å². The van der Waals surface area contributed by atoms with Gasteiger partial charge in [0.1, 0.15) is 5.82 Å². The summed E-state index contributed by atoms with van der Waals surface area (Å²) < 4.78 is 13.3. The van der Waals surface area contributed by atoms with Gasteiger partial charge in [-0.3, -0.25) is 5.01 Å². The number of anilines is 1. The van der Waals surface area contributed by atoms with Crippen molar-refractivity contribution in [3.8, 4) is 0 Å². The molecule has 0 saturated carbocycles. The quantitative estimate of drug-likeness (QED) is 0.440. The van der Waals surface area contributed by atoms with Crippen LogP contribution in [0.5, 0.6) is 0 Å². The molecule has 0 N–H and O–H groups in total. The molecule has 0 saturated heterocycles. The maximum Gasteiger partial charge on any atom is 0.123 e. The molecule has 4 rings (SSSR count). The normalized spacial score (nSPS) is 16.5. The van der Waals surface area contributed by atoms with Crippen molar-refractivity contribution < 1.29 is 4.39 Å². The van der Waals surface area contributed by atoms with Crippen molar-refractivity contribution in [3.63, 3.8) is 0 Å². The molecule has 1 heterocycles. The monoisotopic (exact) mass is 418 g/mol. The van der Waals surface area contributed by atoms with Crippen LogP contribution in [0.3, 0.4) is 0 Å². The Balaban J connectivity index is 1.79. The van der Waals surface area contributed by atoms with Crippen LogP contribution in [-0.2, 0) is 0 Å². The molecular formula is C21H14Cl3FN2. The predicted octanol–water partition coefficient (Wildman–Crippen LogP) is 7.14. The molecule has 0 fully saturated rings. The molecule has 0 amide bonds. The average Bonchev–Trinajstić information content (AvgIpc) is 3.10. The maximum atomic E-state index is 13.3. The summed E-state index contributed by atoms with van der Waals surface area (Å²) in [5.74, 6) is -0.277. The Morgan fingerprint density at radius 2 is 1.52 bits per heavy atom. The lowest BCUT2D eigenvalue weighted by Crippen LogP contribution is -2.18. The van der Waals surface area contributed by atoms with Crippen LogP contribution in [0.4, 0.5) is 10.1 Å². The van der Waals surface area contributed by atoms with Gasteiger partial charge in [0.05, 0.1) is 22.5 Å². The Morgan fingerprint density at radius 1 is 0.852 bits per heavy atom. The zero-order valence-electron chi connectivity index (χ0n) is 14.0. The maximum absolute atomic E-state index is 13.3. The molecule has 0 aliphatic carbocycles. The van der Waals surface area contributed by atoms with Crippen molar-refractivity contribution in [2.75, 3.05) is 5.01 Å². The lowest BCUT2D eigenvalue weighted by Gasteiger charge is -2.25. The van der Waals surface area contributed by atoms with Crippen LogP contribution in [0.15, 0.2) is 71.8 Å². The van der Waals surface area contributed by atoms with Gasteiger partial charge in [0, 0.05) is 16.5 Å². The van der Waals surface area contributed by atoms with Gasteiger partial charge < -0.3 is 0 Å². The molecule has 2 nitrogen and oxygen atoms in total. The molecule has 3 aromatic rings. The summed E-state index contributed by atoms with van der Waals surface area (Å²) >= 11 is 18.7. The van der Waals surface area contributed by atoms with E-state index in [1.807, 2.05) is 29.3 Å². The zero-order valence-corrected chi connectivity index (χ0v) is 16.3. The largest absolute Gasteiger partial charge is 0.256 e. The summed E-state index contributed by atoms with van der Waals surface area (Å²) in [6.45, 7) is 0. The number of hydrogen-bond donors (Lipinski definition) is 0. The first-order chi connectivity index (χ1) is 13.0. The first-order valence-corrected chi connectivity index (χ1v) is 9.48. The topological polar surface area (TPSA) is 15.6 Å². The van der Waals surface area contributed by atoms with Crippen LogP contribution in [-0.4, -0.2) is 5.71 Å². The summed E-state index contributed by atoms with van der Waals surface area (Å²) in [7, 11) is 0. The van der Waals surface area contributed by atoms with Crippen LogP contribution in [0, 0.1) is 5.82 Å². The van der Waals surface area contributed by atoms with E-state index in [0.717, 1.165) is 22.5 Å². The second kappa shape index (κ2) is 7.51. The Kier molecular flexibility index (Phi) is 5.09. The Bertz CT molecular complexity index is 1000. The highest BCUT2D eigenvalue weighted by atomic mass is 35.5. The van der Waals surface area contributed by atoms with E-state index < -0.39 is 0 Å². The molecule has 0 radical (unpaired) electrons. The van der Waals surface area contributed by atoms with Gasteiger partial charge in [-0.1, -0.05) is 59.1 Å². The van der Waals surface area contributed by atoms with Crippen molar-refractivity contribution >= 4 is 46.2 Å². The third-order valence-corrected chi connectivity index (χ3v) is 5.30. The second-order valence-corrected chi connectivity index (χ2v) is 7.55.